The third-order valence-electron chi connectivity index (χ3n) is 2.65. The number of ether oxygens (including phenoxy) is 1. The normalized spacial score (nSPS) is 11.2. The smallest absolute Gasteiger partial charge is 0.263 e. The fourth-order valence-electron chi connectivity index (χ4n) is 1.67. The minimum absolute atomic E-state index is 0.0257. The summed E-state index contributed by atoms with van der Waals surface area (Å²) in [6.07, 6.45) is 0. The maximum absolute atomic E-state index is 13.1. The average molecular weight is 331 g/mol. The highest BCUT2D eigenvalue weighted by Crippen LogP contribution is 2.30. The summed E-state index contributed by atoms with van der Waals surface area (Å²) in [5.41, 5.74) is 5.92. The Hall–Kier alpha value is -1.99. The monoisotopic (exact) mass is 330 g/mol. The predicted octanol–water partition coefficient (Wildman–Crippen LogP) is 2.87. The van der Waals surface area contributed by atoms with E-state index in [2.05, 4.69) is 4.72 Å². The molecular weight excluding hydrogens is 319 g/mol. The van der Waals surface area contributed by atoms with E-state index >= 15 is 0 Å². The molecule has 2 rings (SSSR count). The number of nitrogen functional groups attached to an aromatic ring is 1. The molecule has 0 spiro atoms. The number of nitrogens with one attached hydrogen (secondary N) is 1. The lowest BCUT2D eigenvalue weighted by Crippen LogP contribution is -2.14. The molecule has 2 aromatic carbocycles. The van der Waals surface area contributed by atoms with Crippen LogP contribution < -0.4 is 15.2 Å². The summed E-state index contributed by atoms with van der Waals surface area (Å²) in [6.45, 7) is 0. The fraction of sp³-hybridized carbons (Fsp3) is 0.0769. The quantitative estimate of drug-likeness (QED) is 0.845. The van der Waals surface area contributed by atoms with E-state index in [4.69, 9.17) is 22.1 Å². The number of hydrogen-bond donors (Lipinski definition) is 2. The van der Waals surface area contributed by atoms with E-state index in [9.17, 15) is 12.8 Å². The van der Waals surface area contributed by atoms with Crippen molar-refractivity contribution >= 4 is 33.0 Å². The van der Waals surface area contributed by atoms with Crippen LogP contribution in [-0.2, 0) is 10.0 Å². The molecule has 5 nitrogen and oxygen atoms in total. The number of nitrogens with two attached hydrogens (primary N) is 1. The predicted molar refractivity (Wildman–Crippen MR) is 79.6 cm³/mol. The zero-order valence-corrected chi connectivity index (χ0v) is 12.5. The number of anilines is 2. The van der Waals surface area contributed by atoms with E-state index in [-0.39, 0.29) is 27.0 Å². The van der Waals surface area contributed by atoms with Crippen LogP contribution in [0.5, 0.6) is 5.75 Å². The molecule has 0 aliphatic carbocycles. The van der Waals surface area contributed by atoms with Gasteiger partial charge in [-0.3, -0.25) is 4.72 Å². The van der Waals surface area contributed by atoms with Gasteiger partial charge < -0.3 is 10.5 Å². The summed E-state index contributed by atoms with van der Waals surface area (Å²) in [6, 6.07) is 7.54. The Morgan fingerprint density at radius 1 is 1.24 bits per heavy atom. The van der Waals surface area contributed by atoms with E-state index in [1.54, 1.807) is 0 Å². The Balaban J connectivity index is 2.45. The summed E-state index contributed by atoms with van der Waals surface area (Å²) in [5.74, 6) is -0.490. The summed E-state index contributed by atoms with van der Waals surface area (Å²) in [4.78, 5) is -0.171. The van der Waals surface area contributed by atoms with Crippen LogP contribution in [0.15, 0.2) is 41.3 Å². The largest absolute Gasteiger partial charge is 0.494 e. The van der Waals surface area contributed by atoms with Crippen LogP contribution in [0, 0.1) is 5.82 Å². The fourth-order valence-corrected chi connectivity index (χ4v) is 3.28. The minimum atomic E-state index is -3.98. The van der Waals surface area contributed by atoms with Crippen LogP contribution >= 0.6 is 11.6 Å². The van der Waals surface area contributed by atoms with Crippen LogP contribution in [0.25, 0.3) is 0 Å². The first-order valence-electron chi connectivity index (χ1n) is 5.75. The van der Waals surface area contributed by atoms with E-state index in [0.29, 0.717) is 0 Å². The Morgan fingerprint density at radius 3 is 2.62 bits per heavy atom. The third-order valence-corrected chi connectivity index (χ3v) is 4.50. The van der Waals surface area contributed by atoms with Gasteiger partial charge in [-0.25, -0.2) is 12.8 Å². The zero-order valence-electron chi connectivity index (χ0n) is 10.9. The second-order valence-electron chi connectivity index (χ2n) is 4.14. The molecule has 0 aliphatic rings. The lowest BCUT2D eigenvalue weighted by atomic mass is 10.3. The Morgan fingerprint density at radius 2 is 1.95 bits per heavy atom. The molecule has 0 saturated heterocycles. The second kappa shape index (κ2) is 5.79. The van der Waals surface area contributed by atoms with Crippen molar-refractivity contribution in [1.82, 2.24) is 0 Å². The van der Waals surface area contributed by atoms with Gasteiger partial charge in [0.2, 0.25) is 0 Å². The molecular formula is C13H12ClFN2O3S. The number of halogens is 2. The van der Waals surface area contributed by atoms with Gasteiger partial charge in [0.15, 0.2) is 0 Å². The molecule has 21 heavy (non-hydrogen) atoms. The molecule has 2 aromatic rings. The topological polar surface area (TPSA) is 81.4 Å². The highest BCUT2D eigenvalue weighted by molar-refractivity contribution is 7.92. The van der Waals surface area contributed by atoms with Gasteiger partial charge in [-0.15, -0.1) is 0 Å². The van der Waals surface area contributed by atoms with Crippen LogP contribution in [0.4, 0.5) is 15.8 Å². The number of benzene rings is 2. The number of sulfonamides is 1. The van der Waals surface area contributed by atoms with Gasteiger partial charge in [-0.2, -0.15) is 0 Å². The molecule has 0 bridgehead atoms. The first-order valence-corrected chi connectivity index (χ1v) is 7.61. The maximum Gasteiger partial charge on any atom is 0.263 e. The molecule has 0 fully saturated rings. The van der Waals surface area contributed by atoms with E-state index in [1.165, 1.54) is 31.4 Å². The van der Waals surface area contributed by atoms with E-state index < -0.39 is 15.8 Å². The molecule has 3 N–H and O–H groups in total. The lowest BCUT2D eigenvalue weighted by Gasteiger charge is -2.13. The van der Waals surface area contributed by atoms with Gasteiger partial charge >= 0.3 is 0 Å². The van der Waals surface area contributed by atoms with Crippen LogP contribution in [0.3, 0.4) is 0 Å². The van der Waals surface area contributed by atoms with E-state index in [0.717, 1.165) is 12.1 Å². The van der Waals surface area contributed by atoms with Crippen LogP contribution in [0.1, 0.15) is 0 Å². The van der Waals surface area contributed by atoms with Crippen molar-refractivity contribution in [2.75, 3.05) is 17.6 Å². The van der Waals surface area contributed by atoms with Gasteiger partial charge in [-0.05, 0) is 30.3 Å². The Labute approximate surface area is 126 Å². The number of methoxy groups -OCH3 is 1. The molecule has 112 valence electrons. The molecule has 0 aromatic heterocycles. The first-order chi connectivity index (χ1) is 9.83. The average Bonchev–Trinajstić information content (AvgIpc) is 2.43. The lowest BCUT2D eigenvalue weighted by molar-refractivity contribution is 0.413. The van der Waals surface area contributed by atoms with Crippen LogP contribution in [-0.4, -0.2) is 15.5 Å². The van der Waals surface area contributed by atoms with Gasteiger partial charge in [0, 0.05) is 11.8 Å². The van der Waals surface area contributed by atoms with Crippen molar-refractivity contribution in [3.8, 4) is 5.75 Å². The number of hydrogen-bond acceptors (Lipinski definition) is 4. The molecule has 0 unspecified atom stereocenters. The molecule has 0 aliphatic heterocycles. The molecule has 0 saturated carbocycles. The molecule has 0 heterocycles. The third kappa shape index (κ3) is 3.37. The summed E-state index contributed by atoms with van der Waals surface area (Å²) in [7, 11) is -2.67. The summed E-state index contributed by atoms with van der Waals surface area (Å²) >= 11 is 5.88. The van der Waals surface area contributed by atoms with Crippen molar-refractivity contribution in [2.24, 2.45) is 0 Å². The Kier molecular flexibility index (Phi) is 4.24. The zero-order chi connectivity index (χ0) is 15.6. The second-order valence-corrected chi connectivity index (χ2v) is 6.20. The summed E-state index contributed by atoms with van der Waals surface area (Å²) in [5, 5.41) is 0.0257. The Bertz CT molecular complexity index is 781. The minimum Gasteiger partial charge on any atom is -0.494 e. The summed E-state index contributed by atoms with van der Waals surface area (Å²) < 4.78 is 45.0. The number of rotatable bonds is 4. The maximum atomic E-state index is 13.1. The highest BCUT2D eigenvalue weighted by atomic mass is 35.5. The van der Waals surface area contributed by atoms with Crippen molar-refractivity contribution in [2.45, 2.75) is 4.90 Å². The van der Waals surface area contributed by atoms with Crippen molar-refractivity contribution in [3.63, 3.8) is 0 Å². The van der Waals surface area contributed by atoms with Gasteiger partial charge in [0.05, 0.1) is 17.8 Å². The van der Waals surface area contributed by atoms with Crippen molar-refractivity contribution in [3.05, 3.63) is 47.2 Å². The van der Waals surface area contributed by atoms with Gasteiger partial charge in [0.1, 0.15) is 16.5 Å². The van der Waals surface area contributed by atoms with Gasteiger partial charge in [-0.1, -0.05) is 11.6 Å². The molecule has 0 radical (unpaired) electrons. The molecule has 8 heteroatoms. The molecule has 0 atom stereocenters. The first kappa shape index (κ1) is 15.4. The SMILES string of the molecule is COc1cc(F)ccc1NS(=O)(=O)c1cc(N)ccc1Cl. The molecule has 0 amide bonds. The van der Waals surface area contributed by atoms with Crippen molar-refractivity contribution in [1.29, 1.82) is 0 Å². The van der Waals surface area contributed by atoms with Crippen molar-refractivity contribution < 1.29 is 17.5 Å². The van der Waals surface area contributed by atoms with Gasteiger partial charge in [0.25, 0.3) is 10.0 Å². The standard InChI is InChI=1S/C13H12ClFN2O3S/c1-20-12-6-8(15)2-5-11(12)17-21(18,19)13-7-9(16)3-4-10(13)14/h2-7,17H,16H2,1H3. The van der Waals surface area contributed by atoms with E-state index in [1.807, 2.05) is 0 Å². The van der Waals surface area contributed by atoms with Crippen LogP contribution in [0.2, 0.25) is 5.02 Å². The highest BCUT2D eigenvalue weighted by Gasteiger charge is 2.20.